The largest absolute Gasteiger partial charge is 0.391 e. The van der Waals surface area contributed by atoms with Crippen LogP contribution in [0.25, 0.3) is 0 Å². The predicted octanol–water partition coefficient (Wildman–Crippen LogP) is 1.10. The summed E-state index contributed by atoms with van der Waals surface area (Å²) < 4.78 is 0. The van der Waals surface area contributed by atoms with Gasteiger partial charge in [-0.05, 0) is 52.6 Å². The van der Waals surface area contributed by atoms with Gasteiger partial charge in [0.1, 0.15) is 0 Å². The second-order valence-corrected chi connectivity index (χ2v) is 8.47. The minimum absolute atomic E-state index is 0.00764. The maximum atomic E-state index is 12.3. The van der Waals surface area contributed by atoms with Gasteiger partial charge in [-0.1, -0.05) is 6.08 Å². The van der Waals surface area contributed by atoms with Crippen LogP contribution in [0.2, 0.25) is 0 Å². The van der Waals surface area contributed by atoms with E-state index in [9.17, 15) is 14.7 Å². The molecule has 0 aromatic rings. The fraction of sp³-hybridized carbons (Fsp3) is 0.789. The molecule has 0 aromatic carbocycles. The van der Waals surface area contributed by atoms with E-state index >= 15 is 0 Å². The number of nitrogens with zero attached hydrogens (tertiary/aromatic N) is 3. The summed E-state index contributed by atoms with van der Waals surface area (Å²) in [7, 11) is 3.94. The third kappa shape index (κ3) is 4.42. The summed E-state index contributed by atoms with van der Waals surface area (Å²) in [6.07, 6.45) is 5.36. The van der Waals surface area contributed by atoms with Crippen LogP contribution >= 0.6 is 0 Å². The second kappa shape index (κ2) is 7.46. The summed E-state index contributed by atoms with van der Waals surface area (Å²) in [4.78, 5) is 30.1. The number of hydrogen-bond donors (Lipinski definition) is 1. The number of hydrogen-bond acceptors (Lipinski definition) is 4. The van der Waals surface area contributed by atoms with Gasteiger partial charge in [-0.2, -0.15) is 0 Å². The number of piperidine rings is 2. The Balaban J connectivity index is 1.99. The van der Waals surface area contributed by atoms with Crippen LogP contribution in [0.15, 0.2) is 12.2 Å². The van der Waals surface area contributed by atoms with E-state index in [4.69, 9.17) is 0 Å². The Kier molecular flexibility index (Phi) is 5.94. The number of amides is 2. The van der Waals surface area contributed by atoms with Gasteiger partial charge in [0.15, 0.2) is 0 Å². The average molecular weight is 351 g/mol. The van der Waals surface area contributed by atoms with Crippen molar-refractivity contribution in [2.75, 3.05) is 40.3 Å². The quantitative estimate of drug-likeness (QED) is 0.774. The normalized spacial score (nSPS) is 25.8. The Morgan fingerprint density at radius 1 is 1.24 bits per heavy atom. The molecule has 0 aliphatic carbocycles. The number of likely N-dealkylation sites (N-methyl/N-ethyl adjacent to an activating group) is 1. The maximum Gasteiger partial charge on any atom is 0.246 e. The molecule has 2 heterocycles. The lowest BCUT2D eigenvalue weighted by molar-refractivity contribution is -0.158. The monoisotopic (exact) mass is 351 g/mol. The van der Waals surface area contributed by atoms with Crippen molar-refractivity contribution in [3.05, 3.63) is 12.2 Å². The zero-order valence-corrected chi connectivity index (χ0v) is 16.3. The Hall–Kier alpha value is -1.40. The molecule has 6 heteroatoms. The molecule has 1 N–H and O–H groups in total. The Morgan fingerprint density at radius 2 is 1.84 bits per heavy atom. The SMILES string of the molecule is CC(=O)N1CC2(CCN(C(=O)/C=C/CN(C)C)CC2)C[C@@H](O)C1(C)C. The minimum Gasteiger partial charge on any atom is -0.391 e. The summed E-state index contributed by atoms with van der Waals surface area (Å²) in [5.74, 6) is 0.0602. The van der Waals surface area contributed by atoms with Crippen LogP contribution in [0.5, 0.6) is 0 Å². The summed E-state index contributed by atoms with van der Waals surface area (Å²) >= 11 is 0. The van der Waals surface area contributed by atoms with E-state index in [2.05, 4.69) is 0 Å². The highest BCUT2D eigenvalue weighted by Gasteiger charge is 2.50. The zero-order chi connectivity index (χ0) is 18.8. The van der Waals surface area contributed by atoms with Crippen molar-refractivity contribution in [2.45, 2.75) is 51.7 Å². The number of rotatable bonds is 3. The lowest BCUT2D eigenvalue weighted by atomic mass is 9.67. The Bertz CT molecular complexity index is 534. The highest BCUT2D eigenvalue weighted by Crippen LogP contribution is 2.45. The van der Waals surface area contributed by atoms with Crippen LogP contribution in [0, 0.1) is 5.41 Å². The Morgan fingerprint density at radius 3 is 2.36 bits per heavy atom. The van der Waals surface area contributed by atoms with Gasteiger partial charge < -0.3 is 19.8 Å². The van der Waals surface area contributed by atoms with Crippen molar-refractivity contribution < 1.29 is 14.7 Å². The van der Waals surface area contributed by atoms with Crippen molar-refractivity contribution in [1.82, 2.24) is 14.7 Å². The second-order valence-electron chi connectivity index (χ2n) is 8.47. The molecule has 0 saturated carbocycles. The van der Waals surface area contributed by atoms with Crippen LogP contribution in [0.3, 0.4) is 0 Å². The first-order valence-corrected chi connectivity index (χ1v) is 9.14. The van der Waals surface area contributed by atoms with Crippen LogP contribution in [0.4, 0.5) is 0 Å². The van der Waals surface area contributed by atoms with Gasteiger partial charge in [-0.3, -0.25) is 9.59 Å². The predicted molar refractivity (Wildman–Crippen MR) is 98.0 cm³/mol. The van der Waals surface area contributed by atoms with Gasteiger partial charge in [0, 0.05) is 39.2 Å². The van der Waals surface area contributed by atoms with Gasteiger partial charge in [0.25, 0.3) is 0 Å². The van der Waals surface area contributed by atoms with Crippen LogP contribution in [-0.2, 0) is 9.59 Å². The molecule has 1 atom stereocenters. The highest BCUT2D eigenvalue weighted by molar-refractivity contribution is 5.87. The molecular weight excluding hydrogens is 318 g/mol. The fourth-order valence-electron chi connectivity index (χ4n) is 3.99. The molecule has 0 aromatic heterocycles. The van der Waals surface area contributed by atoms with Gasteiger partial charge >= 0.3 is 0 Å². The van der Waals surface area contributed by atoms with Crippen molar-refractivity contribution >= 4 is 11.8 Å². The molecule has 2 aliphatic heterocycles. The summed E-state index contributed by atoms with van der Waals surface area (Å²) in [5, 5.41) is 10.6. The molecule has 25 heavy (non-hydrogen) atoms. The molecule has 142 valence electrons. The molecule has 2 fully saturated rings. The minimum atomic E-state index is -0.535. The first-order chi connectivity index (χ1) is 11.6. The fourth-order valence-corrected chi connectivity index (χ4v) is 3.99. The van der Waals surface area contributed by atoms with Gasteiger partial charge in [0.2, 0.25) is 11.8 Å². The zero-order valence-electron chi connectivity index (χ0n) is 16.3. The van der Waals surface area contributed by atoms with Crippen LogP contribution in [0.1, 0.15) is 40.0 Å². The molecule has 0 radical (unpaired) electrons. The van der Waals surface area contributed by atoms with Crippen molar-refractivity contribution in [3.8, 4) is 0 Å². The molecule has 2 amide bonds. The molecule has 2 aliphatic rings. The van der Waals surface area contributed by atoms with Gasteiger partial charge in [-0.25, -0.2) is 0 Å². The Labute approximate surface area is 151 Å². The number of aliphatic hydroxyl groups is 1. The van der Waals surface area contributed by atoms with Crippen molar-refractivity contribution in [3.63, 3.8) is 0 Å². The lowest BCUT2D eigenvalue weighted by Gasteiger charge is -2.55. The van der Waals surface area contributed by atoms with E-state index < -0.39 is 11.6 Å². The third-order valence-electron chi connectivity index (χ3n) is 5.88. The van der Waals surface area contributed by atoms with E-state index in [-0.39, 0.29) is 17.2 Å². The molecule has 1 spiro atoms. The lowest BCUT2D eigenvalue weighted by Crippen LogP contribution is -2.64. The summed E-state index contributed by atoms with van der Waals surface area (Å²) in [6, 6.07) is 0. The third-order valence-corrected chi connectivity index (χ3v) is 5.88. The number of aliphatic hydroxyl groups excluding tert-OH is 1. The summed E-state index contributed by atoms with van der Waals surface area (Å²) in [5.41, 5.74) is -0.607. The molecule has 2 saturated heterocycles. The first kappa shape index (κ1) is 19.9. The van der Waals surface area contributed by atoms with E-state index in [1.807, 2.05) is 48.7 Å². The number of likely N-dealkylation sites (tertiary alicyclic amines) is 2. The highest BCUT2D eigenvalue weighted by atomic mass is 16.3. The topological polar surface area (TPSA) is 64.1 Å². The van der Waals surface area contributed by atoms with Crippen LogP contribution < -0.4 is 0 Å². The average Bonchev–Trinajstić information content (AvgIpc) is 2.51. The first-order valence-electron chi connectivity index (χ1n) is 9.14. The van der Waals surface area contributed by atoms with E-state index in [1.165, 1.54) is 0 Å². The van der Waals surface area contributed by atoms with Crippen LogP contribution in [-0.4, -0.2) is 83.5 Å². The maximum absolute atomic E-state index is 12.3. The molecule has 2 rings (SSSR count). The van der Waals surface area contributed by atoms with Gasteiger partial charge in [-0.15, -0.1) is 0 Å². The van der Waals surface area contributed by atoms with E-state index in [0.29, 0.717) is 26.1 Å². The standard InChI is InChI=1S/C19H33N3O3/c1-15(23)22-14-19(13-16(24)18(22,2)3)8-11-21(12-9-19)17(25)7-6-10-20(4)5/h6-7,16,24H,8-14H2,1-5H3/b7-6+/t16-/m1/s1. The number of carbonyl (C=O) groups is 2. The number of carbonyl (C=O) groups excluding carboxylic acids is 2. The van der Waals surface area contributed by atoms with E-state index in [1.54, 1.807) is 13.0 Å². The van der Waals surface area contributed by atoms with E-state index in [0.717, 1.165) is 19.4 Å². The van der Waals surface area contributed by atoms with Gasteiger partial charge in [0.05, 0.1) is 11.6 Å². The van der Waals surface area contributed by atoms with Crippen molar-refractivity contribution in [2.24, 2.45) is 5.41 Å². The molecule has 6 nitrogen and oxygen atoms in total. The van der Waals surface area contributed by atoms with Crippen molar-refractivity contribution in [1.29, 1.82) is 0 Å². The smallest absolute Gasteiger partial charge is 0.246 e. The summed E-state index contributed by atoms with van der Waals surface area (Å²) in [6.45, 7) is 8.22. The molecule has 0 unspecified atom stereocenters. The molecular formula is C19H33N3O3. The molecule has 0 bridgehead atoms.